The molecule has 0 saturated carbocycles. The maximum Gasteiger partial charge on any atom is 0.323 e. The predicted octanol–water partition coefficient (Wildman–Crippen LogP) is 6.61. The highest BCUT2D eigenvalue weighted by Crippen LogP contribution is 2.45. The van der Waals surface area contributed by atoms with Crippen LogP contribution in [0.25, 0.3) is 22.2 Å². The number of imidazole rings is 1. The molecule has 8 nitrogen and oxygen atoms in total. The first kappa shape index (κ1) is 28.2. The first-order valence-corrected chi connectivity index (χ1v) is 15.0. The topological polar surface area (TPSA) is 90.1 Å². The van der Waals surface area contributed by atoms with Crippen molar-refractivity contribution in [3.63, 3.8) is 0 Å². The molecule has 1 atom stereocenters. The molecule has 5 aromatic rings. The molecule has 0 radical (unpaired) electrons. The molecule has 10 heteroatoms. The molecule has 2 aliphatic rings. The van der Waals surface area contributed by atoms with Gasteiger partial charge in [0.05, 0.1) is 17.2 Å². The average molecular weight is 597 g/mol. The Balaban J connectivity index is 1.11. The molecule has 44 heavy (non-hydrogen) atoms. The molecular formula is C34H34F2N6O2. The third-order valence-corrected chi connectivity index (χ3v) is 9.02. The van der Waals surface area contributed by atoms with Crippen molar-refractivity contribution in [3.05, 3.63) is 100 Å². The molecular weight excluding hydrogens is 562 g/mol. The fraction of sp³-hybridized carbons (Fsp3) is 0.324. The van der Waals surface area contributed by atoms with Gasteiger partial charge in [0, 0.05) is 43.2 Å². The van der Waals surface area contributed by atoms with Gasteiger partial charge in [-0.15, -0.1) is 0 Å². The van der Waals surface area contributed by atoms with E-state index in [0.717, 1.165) is 79.4 Å². The quantitative estimate of drug-likeness (QED) is 0.220. The summed E-state index contributed by atoms with van der Waals surface area (Å²) in [7, 11) is 0. The summed E-state index contributed by atoms with van der Waals surface area (Å²) in [6, 6.07) is 16.1. The lowest BCUT2D eigenvalue weighted by molar-refractivity contribution is 0.270. The van der Waals surface area contributed by atoms with Crippen LogP contribution in [0.2, 0.25) is 0 Å². The van der Waals surface area contributed by atoms with Gasteiger partial charge in [-0.2, -0.15) is 0 Å². The van der Waals surface area contributed by atoms with Crippen molar-refractivity contribution < 1.29 is 13.5 Å². The van der Waals surface area contributed by atoms with E-state index >= 15 is 0 Å². The molecule has 2 fully saturated rings. The third kappa shape index (κ3) is 5.34. The number of aromatic amines is 2. The highest BCUT2D eigenvalue weighted by molar-refractivity contribution is 5.76. The molecule has 0 bridgehead atoms. The maximum absolute atomic E-state index is 14.6. The van der Waals surface area contributed by atoms with E-state index in [2.05, 4.69) is 49.6 Å². The van der Waals surface area contributed by atoms with Crippen molar-refractivity contribution in [2.75, 3.05) is 31.1 Å². The Morgan fingerprint density at radius 1 is 0.932 bits per heavy atom. The van der Waals surface area contributed by atoms with Gasteiger partial charge in [-0.25, -0.2) is 23.5 Å². The molecule has 2 saturated heterocycles. The van der Waals surface area contributed by atoms with Gasteiger partial charge >= 0.3 is 5.69 Å². The summed E-state index contributed by atoms with van der Waals surface area (Å²) in [6.07, 6.45) is 5.16. The number of anilines is 1. The van der Waals surface area contributed by atoms with Crippen LogP contribution < -0.4 is 15.3 Å². The lowest BCUT2D eigenvalue weighted by Crippen LogP contribution is -2.31. The van der Waals surface area contributed by atoms with Gasteiger partial charge < -0.3 is 19.6 Å². The van der Waals surface area contributed by atoms with Crippen LogP contribution in [0.3, 0.4) is 0 Å². The number of fused-ring (bicyclic) bond motifs is 1. The molecule has 0 amide bonds. The van der Waals surface area contributed by atoms with Crippen LogP contribution in [0, 0.1) is 17.0 Å². The van der Waals surface area contributed by atoms with E-state index < -0.39 is 11.6 Å². The third-order valence-electron chi connectivity index (χ3n) is 9.02. The van der Waals surface area contributed by atoms with E-state index in [-0.39, 0.29) is 22.8 Å². The summed E-state index contributed by atoms with van der Waals surface area (Å²) >= 11 is 0. The van der Waals surface area contributed by atoms with Crippen LogP contribution in [0.15, 0.2) is 71.9 Å². The number of nitrogens with zero attached hydrogens (tertiary/aromatic N) is 4. The Bertz CT molecular complexity index is 1900. The monoisotopic (exact) mass is 596 g/mol. The summed E-state index contributed by atoms with van der Waals surface area (Å²) in [5.41, 5.74) is 4.99. The number of H-pyrrole nitrogens is 2. The normalized spacial score (nSPS) is 18.7. The van der Waals surface area contributed by atoms with Crippen LogP contribution in [0.1, 0.15) is 43.7 Å². The van der Waals surface area contributed by atoms with E-state index in [9.17, 15) is 13.6 Å². The summed E-state index contributed by atoms with van der Waals surface area (Å²) in [5, 5.41) is 0. The van der Waals surface area contributed by atoms with Gasteiger partial charge in [0.25, 0.3) is 0 Å². The Morgan fingerprint density at radius 2 is 1.73 bits per heavy atom. The van der Waals surface area contributed by atoms with Gasteiger partial charge in [-0.1, -0.05) is 44.2 Å². The smallest absolute Gasteiger partial charge is 0.323 e. The molecule has 2 N–H and O–H groups in total. The maximum atomic E-state index is 14.6. The number of likely N-dealkylation sites (tertiary alicyclic amines) is 1. The number of aromatic nitrogens is 4. The van der Waals surface area contributed by atoms with Crippen molar-refractivity contribution in [2.24, 2.45) is 5.41 Å². The lowest BCUT2D eigenvalue weighted by atomic mass is 9.86. The molecule has 4 heterocycles. The van der Waals surface area contributed by atoms with Crippen molar-refractivity contribution in [2.45, 2.75) is 39.2 Å². The summed E-state index contributed by atoms with van der Waals surface area (Å²) < 4.78 is 35.5. The molecule has 3 aromatic carbocycles. The average Bonchev–Trinajstić information content (AvgIpc) is 3.72. The molecule has 0 aliphatic carbocycles. The van der Waals surface area contributed by atoms with E-state index in [1.807, 2.05) is 36.4 Å². The van der Waals surface area contributed by atoms with Gasteiger partial charge in [0.1, 0.15) is 12.1 Å². The molecule has 2 aliphatic heterocycles. The first-order valence-electron chi connectivity index (χ1n) is 15.0. The number of nitrogens with one attached hydrogen (secondary N) is 2. The number of hydrogen-bond donors (Lipinski definition) is 2. The van der Waals surface area contributed by atoms with Gasteiger partial charge in [-0.05, 0) is 60.2 Å². The molecule has 7 rings (SSSR count). The molecule has 226 valence electrons. The van der Waals surface area contributed by atoms with Crippen molar-refractivity contribution in [3.8, 4) is 22.6 Å². The highest BCUT2D eigenvalue weighted by Gasteiger charge is 2.44. The largest absolute Gasteiger partial charge is 0.451 e. The minimum atomic E-state index is -0.975. The van der Waals surface area contributed by atoms with E-state index in [4.69, 9.17) is 4.74 Å². The zero-order valence-corrected chi connectivity index (χ0v) is 24.7. The summed E-state index contributed by atoms with van der Waals surface area (Å²) in [6.45, 7) is 8.49. The van der Waals surface area contributed by atoms with Crippen LogP contribution in [-0.4, -0.2) is 51.0 Å². The second-order valence-electron chi connectivity index (χ2n) is 12.4. The van der Waals surface area contributed by atoms with Gasteiger partial charge in [0.2, 0.25) is 0 Å². The fourth-order valence-corrected chi connectivity index (χ4v) is 6.86. The van der Waals surface area contributed by atoms with Gasteiger partial charge in [-0.3, -0.25) is 4.90 Å². The minimum Gasteiger partial charge on any atom is -0.451 e. The highest BCUT2D eigenvalue weighted by atomic mass is 19.2. The zero-order valence-electron chi connectivity index (χ0n) is 24.7. The zero-order chi connectivity index (χ0) is 30.4. The Hall–Kier alpha value is -4.57. The standard InChI is InChI=1S/C34H34F2N6O2/c1-21(2)23-5-3-4-6-24(23)25-14-26(35)27(36)15-30(25)44-31-16-37-20-38-32(31)42-12-10-34(19-42)9-11-41(18-34)17-22-7-8-28-29(13-22)40-33(43)39-28/h3-8,13-16,20-21H,9-12,17-19H2,1-2H3,(H2,39,40,43). The number of halogens is 2. The van der Waals surface area contributed by atoms with Crippen LogP contribution >= 0.6 is 0 Å². The van der Waals surface area contributed by atoms with Crippen molar-refractivity contribution in [1.82, 2.24) is 24.8 Å². The predicted molar refractivity (Wildman–Crippen MR) is 166 cm³/mol. The Kier molecular flexibility index (Phi) is 7.16. The van der Waals surface area contributed by atoms with Crippen LogP contribution in [0.4, 0.5) is 14.6 Å². The van der Waals surface area contributed by atoms with Crippen molar-refractivity contribution >= 4 is 16.9 Å². The molecule has 1 unspecified atom stereocenters. The summed E-state index contributed by atoms with van der Waals surface area (Å²) in [5.74, 6) is -0.459. The second-order valence-corrected chi connectivity index (χ2v) is 12.4. The van der Waals surface area contributed by atoms with Crippen LogP contribution in [0.5, 0.6) is 11.5 Å². The molecule has 1 spiro atoms. The van der Waals surface area contributed by atoms with Crippen molar-refractivity contribution in [1.29, 1.82) is 0 Å². The second kappa shape index (κ2) is 11.2. The number of ether oxygens (including phenoxy) is 1. The lowest BCUT2D eigenvalue weighted by Gasteiger charge is -2.26. The van der Waals surface area contributed by atoms with E-state index in [1.165, 1.54) is 12.4 Å². The number of hydrogen-bond acceptors (Lipinski definition) is 6. The fourth-order valence-electron chi connectivity index (χ4n) is 6.86. The minimum absolute atomic E-state index is 0.109. The SMILES string of the molecule is CC(C)c1ccccc1-c1cc(F)c(F)cc1Oc1cncnc1N1CCC2(CCN(Cc3ccc4[nH]c(=O)[nH]c4c3)C2)C1. The van der Waals surface area contributed by atoms with Crippen LogP contribution in [-0.2, 0) is 6.54 Å². The number of rotatable bonds is 7. The Labute approximate surface area is 253 Å². The first-order chi connectivity index (χ1) is 21.3. The van der Waals surface area contributed by atoms with Gasteiger partial charge in [0.15, 0.2) is 23.2 Å². The van der Waals surface area contributed by atoms with E-state index in [1.54, 1.807) is 6.20 Å². The number of benzene rings is 3. The summed E-state index contributed by atoms with van der Waals surface area (Å²) in [4.78, 5) is 30.8. The Morgan fingerprint density at radius 3 is 2.59 bits per heavy atom. The van der Waals surface area contributed by atoms with E-state index in [0.29, 0.717) is 17.1 Å². The molecule has 2 aromatic heterocycles.